The van der Waals surface area contributed by atoms with Crippen LogP contribution in [0.5, 0.6) is 0 Å². The van der Waals surface area contributed by atoms with Crippen molar-refractivity contribution in [1.29, 1.82) is 0 Å². The third-order valence-electron chi connectivity index (χ3n) is 5.69. The Morgan fingerprint density at radius 2 is 1.94 bits per heavy atom. The second-order valence-corrected chi connectivity index (χ2v) is 10.0. The Kier molecular flexibility index (Phi) is 5.21. The molecule has 3 heterocycles. The molecule has 0 fully saturated rings. The standard InChI is InChI=1S/C25H27FN4O3/c1-24(2,3)23(32)28-12-19-20(21(27)31)29-22-17-10-13(6-7-25(4,5)33)18(26)11-16(17)14-8-15(9-14)30(19)22/h8,10-11,15,33H,9,12H2,1-5H3,(H2,27,31)(H,28,32). The molecular weight excluding hydrogens is 423 g/mol. The van der Waals surface area contributed by atoms with E-state index < -0.39 is 22.7 Å². The van der Waals surface area contributed by atoms with Crippen molar-refractivity contribution in [3.05, 3.63) is 46.5 Å². The van der Waals surface area contributed by atoms with E-state index in [0.717, 1.165) is 5.57 Å². The first-order chi connectivity index (χ1) is 15.3. The van der Waals surface area contributed by atoms with Crippen LogP contribution in [0.25, 0.3) is 17.0 Å². The largest absolute Gasteiger partial charge is 0.378 e. The number of aromatic nitrogens is 2. The lowest BCUT2D eigenvalue weighted by Gasteiger charge is -2.27. The molecule has 172 valence electrons. The Labute approximate surface area is 191 Å². The fourth-order valence-electron chi connectivity index (χ4n) is 3.94. The van der Waals surface area contributed by atoms with E-state index in [-0.39, 0.29) is 29.8 Å². The van der Waals surface area contributed by atoms with E-state index in [9.17, 15) is 19.1 Å². The zero-order valence-corrected chi connectivity index (χ0v) is 19.3. The quantitative estimate of drug-likeness (QED) is 0.625. The molecule has 5 rings (SSSR count). The molecular formula is C25H27FN4O3. The number of imidazole rings is 1. The lowest BCUT2D eigenvalue weighted by atomic mass is 9.86. The summed E-state index contributed by atoms with van der Waals surface area (Å²) in [6, 6.07) is 2.92. The van der Waals surface area contributed by atoms with Crippen LogP contribution in [-0.4, -0.2) is 32.1 Å². The first-order valence-electron chi connectivity index (χ1n) is 10.8. The molecule has 33 heavy (non-hydrogen) atoms. The van der Waals surface area contributed by atoms with Crippen LogP contribution >= 0.6 is 0 Å². The number of allylic oxidation sites excluding steroid dienone is 2. The number of carbonyl (C=O) groups excluding carboxylic acids is 2. The summed E-state index contributed by atoms with van der Waals surface area (Å²) in [5, 5.41) is 12.8. The normalized spacial score (nSPS) is 16.3. The minimum Gasteiger partial charge on any atom is -0.378 e. The fraction of sp³-hybridized carbons (Fsp3) is 0.400. The highest BCUT2D eigenvalue weighted by molar-refractivity contribution is 5.94. The molecule has 1 atom stereocenters. The van der Waals surface area contributed by atoms with Gasteiger partial charge in [-0.3, -0.25) is 9.59 Å². The van der Waals surface area contributed by atoms with Gasteiger partial charge >= 0.3 is 0 Å². The molecule has 1 aromatic carbocycles. The third-order valence-corrected chi connectivity index (χ3v) is 5.69. The van der Waals surface area contributed by atoms with E-state index in [1.165, 1.54) is 19.9 Å². The van der Waals surface area contributed by atoms with Crippen LogP contribution in [0, 0.1) is 23.1 Å². The number of nitrogens with two attached hydrogens (primary N) is 1. The van der Waals surface area contributed by atoms with Crippen LogP contribution in [-0.2, 0) is 11.3 Å². The summed E-state index contributed by atoms with van der Waals surface area (Å²) in [4.78, 5) is 29.2. The Morgan fingerprint density at radius 1 is 1.27 bits per heavy atom. The van der Waals surface area contributed by atoms with Crippen molar-refractivity contribution in [1.82, 2.24) is 14.9 Å². The zero-order valence-electron chi connectivity index (χ0n) is 19.3. The number of halogens is 1. The molecule has 2 amide bonds. The first-order valence-corrected chi connectivity index (χ1v) is 10.8. The number of benzene rings is 1. The smallest absolute Gasteiger partial charge is 0.269 e. The van der Waals surface area contributed by atoms with Gasteiger partial charge in [0.05, 0.1) is 23.8 Å². The molecule has 2 bridgehead atoms. The summed E-state index contributed by atoms with van der Waals surface area (Å²) in [6.45, 7) is 8.53. The number of carbonyl (C=O) groups is 2. The fourth-order valence-corrected chi connectivity index (χ4v) is 3.94. The minimum absolute atomic E-state index is 0.0716. The topological polar surface area (TPSA) is 110 Å². The minimum atomic E-state index is -1.28. The highest BCUT2D eigenvalue weighted by Crippen LogP contribution is 2.48. The van der Waals surface area contributed by atoms with E-state index in [4.69, 9.17) is 5.73 Å². The molecule has 0 spiro atoms. The summed E-state index contributed by atoms with van der Waals surface area (Å²) in [6.07, 6.45) is 2.64. The second-order valence-electron chi connectivity index (χ2n) is 10.0. The lowest BCUT2D eigenvalue weighted by Crippen LogP contribution is -2.35. The summed E-state index contributed by atoms with van der Waals surface area (Å²) in [5.41, 5.74) is 6.74. The van der Waals surface area contributed by atoms with Gasteiger partial charge in [-0.2, -0.15) is 0 Å². The number of primary amides is 1. The maximum Gasteiger partial charge on any atom is 0.269 e. The van der Waals surface area contributed by atoms with Crippen LogP contribution in [0.3, 0.4) is 0 Å². The van der Waals surface area contributed by atoms with E-state index in [0.29, 0.717) is 29.1 Å². The number of hydrogen-bond donors (Lipinski definition) is 3. The maximum atomic E-state index is 14.8. The molecule has 0 saturated heterocycles. The molecule has 1 unspecified atom stereocenters. The molecule has 1 aromatic heterocycles. The molecule has 4 N–H and O–H groups in total. The van der Waals surface area contributed by atoms with Gasteiger partial charge in [-0.1, -0.05) is 38.7 Å². The lowest BCUT2D eigenvalue weighted by molar-refractivity contribution is -0.128. The third kappa shape index (κ3) is 4.16. The predicted molar refractivity (Wildman–Crippen MR) is 122 cm³/mol. The van der Waals surface area contributed by atoms with Gasteiger partial charge in [-0.05, 0) is 43.5 Å². The summed E-state index contributed by atoms with van der Waals surface area (Å²) < 4.78 is 16.7. The van der Waals surface area contributed by atoms with Crippen LogP contribution in [0.4, 0.5) is 4.39 Å². The Hall–Kier alpha value is -3.44. The number of nitrogens with zero attached hydrogens (tertiary/aromatic N) is 2. The van der Waals surface area contributed by atoms with Gasteiger partial charge in [-0.15, -0.1) is 0 Å². The number of rotatable bonds is 3. The maximum absolute atomic E-state index is 14.8. The first kappa shape index (κ1) is 22.7. The number of amides is 2. The van der Waals surface area contributed by atoms with Crippen molar-refractivity contribution in [3.8, 4) is 23.2 Å². The van der Waals surface area contributed by atoms with Crippen molar-refractivity contribution in [2.45, 2.75) is 59.2 Å². The van der Waals surface area contributed by atoms with Crippen LogP contribution < -0.4 is 11.1 Å². The Bertz CT molecular complexity index is 1280. The Balaban J connectivity index is 1.87. The molecule has 8 heteroatoms. The molecule has 2 aromatic rings. The van der Waals surface area contributed by atoms with Crippen LogP contribution in [0.1, 0.15) is 74.4 Å². The van der Waals surface area contributed by atoms with E-state index in [1.807, 2.05) is 10.6 Å². The molecule has 0 saturated carbocycles. The van der Waals surface area contributed by atoms with Crippen LogP contribution in [0.2, 0.25) is 0 Å². The molecule has 7 nitrogen and oxygen atoms in total. The molecule has 2 aliphatic heterocycles. The van der Waals surface area contributed by atoms with Gasteiger partial charge in [0, 0.05) is 11.0 Å². The molecule has 1 aliphatic carbocycles. The average molecular weight is 451 g/mol. The monoisotopic (exact) mass is 450 g/mol. The van der Waals surface area contributed by atoms with Gasteiger partial charge in [0.25, 0.3) is 5.91 Å². The molecule has 3 aliphatic rings. The van der Waals surface area contributed by atoms with Crippen LogP contribution in [0.15, 0.2) is 18.2 Å². The van der Waals surface area contributed by atoms with Gasteiger partial charge in [0.1, 0.15) is 17.2 Å². The number of aliphatic hydroxyl groups is 1. The second kappa shape index (κ2) is 7.56. The van der Waals surface area contributed by atoms with Crippen molar-refractivity contribution in [2.24, 2.45) is 11.1 Å². The highest BCUT2D eigenvalue weighted by Gasteiger charge is 2.36. The SMILES string of the molecule is CC(C)(O)C#Cc1cc2c(cc1F)C1=CC(C1)n1c-2nc(C(N)=O)c1CNC(=O)C(C)(C)C. The highest BCUT2D eigenvalue weighted by atomic mass is 19.1. The number of nitrogens with one attached hydrogen (secondary N) is 1. The van der Waals surface area contributed by atoms with Gasteiger partial charge in [-0.25, -0.2) is 9.37 Å². The van der Waals surface area contributed by atoms with E-state index >= 15 is 0 Å². The summed E-state index contributed by atoms with van der Waals surface area (Å²) in [5.74, 6) is 4.44. The summed E-state index contributed by atoms with van der Waals surface area (Å²) >= 11 is 0. The zero-order chi connectivity index (χ0) is 24.3. The number of hydrogen-bond acceptors (Lipinski definition) is 4. The van der Waals surface area contributed by atoms with E-state index in [2.05, 4.69) is 22.1 Å². The van der Waals surface area contributed by atoms with Gasteiger partial charge in [0.2, 0.25) is 5.91 Å². The van der Waals surface area contributed by atoms with Crippen molar-refractivity contribution in [3.63, 3.8) is 0 Å². The van der Waals surface area contributed by atoms with E-state index in [1.54, 1.807) is 26.8 Å². The predicted octanol–water partition coefficient (Wildman–Crippen LogP) is 2.91. The van der Waals surface area contributed by atoms with Crippen molar-refractivity contribution < 1.29 is 19.1 Å². The van der Waals surface area contributed by atoms with Crippen molar-refractivity contribution >= 4 is 17.4 Å². The Morgan fingerprint density at radius 3 is 2.52 bits per heavy atom. The summed E-state index contributed by atoms with van der Waals surface area (Å²) in [7, 11) is 0. The average Bonchev–Trinajstić information content (AvgIpc) is 2.90. The van der Waals surface area contributed by atoms with Crippen molar-refractivity contribution in [2.75, 3.05) is 0 Å². The van der Waals surface area contributed by atoms with Gasteiger partial charge < -0.3 is 20.7 Å². The van der Waals surface area contributed by atoms with Gasteiger partial charge in [0.15, 0.2) is 5.69 Å². The molecule has 0 radical (unpaired) electrons.